The van der Waals surface area contributed by atoms with E-state index in [1.807, 2.05) is 26.1 Å². The Kier molecular flexibility index (Phi) is 42.0. The standard InChI is InChI=1S/C84H122N16O22/c1-14-49(6)64(75(112)96-65(50(7)102)74(111)88-42-62(104)89-57(39-61(85)103)71(108)93-60(43-101)78(115)116)95-69(106)55(36-27-37-100(82(119)122-46-53-32-23-17-24-33-53)79(87)99-81(118)121-45-52-30-21-16-22-31-52)90-70(107)56(38-47(2)3)91-77(114)67(68(105)48(4)5)98-76(113)66(63(86)54-34-25-18-26-35-54)97-73(110)58(40-83(8,9)10)92-72(109)59(41-84(11,12)13)94-80(117)120-44-51-28-19-15-20-29-51/h15-26,28-35,47-50,55-60,63-68,101-102,105H,14,27,36-46,86H2,1-13H3,(H2,85,103)(H,88,111)(H,89,104)(H,90,107)(H,91,114)(H,92,109)(H,93,108)(H,94,117)(H,95,106)(H,96,112)(H,97,110)(H,98,113)(H,115,116)(H2,87,99,118)/t49-,50-,55+,56-,57-,58-,59+,60-,63+,64?,65-,66-,67-,68+/m0/s1. The Labute approximate surface area is 709 Å². The van der Waals surface area contributed by atoms with Crippen molar-refractivity contribution in [1.29, 1.82) is 5.41 Å². The number of amides is 14. The third-order valence-electron chi connectivity index (χ3n) is 18.9. The second kappa shape index (κ2) is 50.2. The maximum atomic E-state index is 15.3. The van der Waals surface area contributed by atoms with Gasteiger partial charge in [0.25, 0.3) is 0 Å². The van der Waals surface area contributed by atoms with Crippen molar-refractivity contribution in [2.75, 3.05) is 19.7 Å². The number of carboxylic acids is 1. The van der Waals surface area contributed by atoms with Crippen LogP contribution in [0.3, 0.4) is 0 Å². The van der Waals surface area contributed by atoms with Crippen LogP contribution in [0, 0.1) is 34.0 Å². The van der Waals surface area contributed by atoms with Crippen molar-refractivity contribution in [1.82, 2.24) is 68.7 Å². The molecular weight excluding hydrogens is 1590 g/mol. The zero-order valence-corrected chi connectivity index (χ0v) is 71.2. The van der Waals surface area contributed by atoms with Crippen LogP contribution in [0.5, 0.6) is 0 Å². The molecule has 670 valence electrons. The zero-order chi connectivity index (χ0) is 91.3. The van der Waals surface area contributed by atoms with E-state index >= 15 is 24.0 Å². The van der Waals surface area contributed by atoms with Crippen molar-refractivity contribution < 1.29 is 107 Å². The number of hydrogen-bond donors (Lipinski definition) is 19. The minimum atomic E-state index is -1.97. The Hall–Kier alpha value is -12.2. The largest absolute Gasteiger partial charge is 0.480 e. The smallest absolute Gasteiger partial charge is 0.416 e. The minimum absolute atomic E-state index is 0.0480. The van der Waals surface area contributed by atoms with E-state index in [1.54, 1.807) is 163 Å². The first-order chi connectivity index (χ1) is 57.3. The lowest BCUT2D eigenvalue weighted by Crippen LogP contribution is -2.64. The van der Waals surface area contributed by atoms with Crippen LogP contribution in [-0.2, 0) is 91.6 Å². The number of alkyl carbamates (subject to hydrolysis) is 2. The molecule has 0 saturated heterocycles. The number of carbonyl (C=O) groups is 15. The minimum Gasteiger partial charge on any atom is -0.480 e. The number of benzene rings is 4. The maximum absolute atomic E-state index is 15.3. The van der Waals surface area contributed by atoms with Gasteiger partial charge in [-0.3, -0.25) is 63.5 Å². The predicted molar refractivity (Wildman–Crippen MR) is 445 cm³/mol. The molecule has 0 aliphatic heterocycles. The van der Waals surface area contributed by atoms with Gasteiger partial charge in [-0.15, -0.1) is 0 Å². The summed E-state index contributed by atoms with van der Waals surface area (Å²) < 4.78 is 16.4. The van der Waals surface area contributed by atoms with Crippen LogP contribution >= 0.6 is 0 Å². The van der Waals surface area contributed by atoms with E-state index < -0.39 is 235 Å². The molecule has 0 aliphatic rings. The molecule has 0 fully saturated rings. The Bertz CT molecular complexity index is 4150. The summed E-state index contributed by atoms with van der Waals surface area (Å²) in [5.41, 5.74) is 13.0. The van der Waals surface area contributed by atoms with E-state index in [2.05, 4.69) is 58.5 Å². The topological polar surface area (TPSA) is 588 Å². The summed E-state index contributed by atoms with van der Waals surface area (Å²) in [5, 5.41) is 80.0. The second-order valence-corrected chi connectivity index (χ2v) is 32.8. The highest BCUT2D eigenvalue weighted by Crippen LogP contribution is 2.26. The van der Waals surface area contributed by atoms with Crippen molar-refractivity contribution in [3.05, 3.63) is 144 Å². The van der Waals surface area contributed by atoms with Gasteiger partial charge in [0, 0.05) is 6.54 Å². The van der Waals surface area contributed by atoms with Gasteiger partial charge in [0.15, 0.2) is 0 Å². The average Bonchev–Trinajstić information content (AvgIpc) is 0.818. The van der Waals surface area contributed by atoms with E-state index in [0.717, 1.165) is 6.92 Å². The first-order valence-corrected chi connectivity index (χ1v) is 40.1. The number of carbonyl (C=O) groups excluding carboxylic acids is 14. The van der Waals surface area contributed by atoms with Gasteiger partial charge >= 0.3 is 24.2 Å². The van der Waals surface area contributed by atoms with E-state index in [-0.39, 0.29) is 51.9 Å². The van der Waals surface area contributed by atoms with E-state index in [0.29, 0.717) is 27.2 Å². The highest BCUT2D eigenvalue weighted by Gasteiger charge is 2.42. The summed E-state index contributed by atoms with van der Waals surface area (Å²) in [5.74, 6) is -16.8. The summed E-state index contributed by atoms with van der Waals surface area (Å²) in [6, 6.07) is 15.1. The molecule has 0 saturated carbocycles. The lowest BCUT2D eigenvalue weighted by Gasteiger charge is -2.33. The Morgan fingerprint density at radius 3 is 1.39 bits per heavy atom. The fourth-order valence-corrected chi connectivity index (χ4v) is 12.2. The van der Waals surface area contributed by atoms with Crippen LogP contribution < -0.4 is 75.3 Å². The lowest BCUT2D eigenvalue weighted by molar-refractivity contribution is -0.143. The SMILES string of the molecule is CC[C@H](C)C(NC(=O)[C@@H](CCCN(C(=N)NC(=O)OCc1ccccc1)C(=O)OCc1ccccc1)NC(=O)[C@H](CC(C)C)NC(=O)[C@@H](NC(=O)[C@@H](NC(=O)[C@H](CC(C)(C)C)NC(=O)[C@@H](CC(C)(C)C)NC(=O)OCc1ccccc1)[C@H](N)c1ccccc1)[C@H](O)C(C)C)C(=O)N[C@H](C(=O)NCC(=O)N[C@@H](CC(N)=O)C(=O)N[C@@H](CO)C(=O)O)[C@H](C)O. The molecule has 0 aromatic heterocycles. The van der Waals surface area contributed by atoms with Gasteiger partial charge < -0.3 is 105 Å². The molecule has 0 aliphatic carbocycles. The highest BCUT2D eigenvalue weighted by molar-refractivity contribution is 6.01. The molecule has 38 heteroatoms. The molecule has 1 unspecified atom stereocenters. The normalized spacial score (nSPS) is 14.8. The number of aliphatic hydroxyl groups excluding tert-OH is 3. The van der Waals surface area contributed by atoms with Gasteiger partial charge in [0.1, 0.15) is 80.2 Å². The molecule has 38 nitrogen and oxygen atoms in total. The van der Waals surface area contributed by atoms with Gasteiger partial charge in [-0.05, 0) is 89.9 Å². The fraction of sp³-hybridized carbons (Fsp3) is 0.524. The number of rotatable bonds is 46. The van der Waals surface area contributed by atoms with Crippen molar-refractivity contribution in [3.63, 3.8) is 0 Å². The van der Waals surface area contributed by atoms with E-state index in [4.69, 9.17) is 31.1 Å². The molecule has 14 amide bonds. The number of primary amides is 1. The van der Waals surface area contributed by atoms with Gasteiger partial charge in [-0.1, -0.05) is 211 Å². The predicted octanol–water partition coefficient (Wildman–Crippen LogP) is 2.06. The number of nitrogens with two attached hydrogens (primary N) is 2. The number of aliphatic hydroxyl groups is 3. The number of ether oxygens (including phenoxy) is 3. The summed E-state index contributed by atoms with van der Waals surface area (Å²) in [6.07, 6.45) is -8.60. The first kappa shape index (κ1) is 102. The zero-order valence-electron chi connectivity index (χ0n) is 71.2. The third-order valence-corrected chi connectivity index (χ3v) is 18.9. The molecule has 0 bridgehead atoms. The van der Waals surface area contributed by atoms with Crippen LogP contribution in [0.25, 0.3) is 0 Å². The van der Waals surface area contributed by atoms with Crippen LogP contribution in [0.15, 0.2) is 121 Å². The number of nitrogens with zero attached hydrogens (tertiary/aromatic N) is 1. The molecule has 4 aromatic rings. The van der Waals surface area contributed by atoms with Crippen LogP contribution in [0.4, 0.5) is 14.4 Å². The summed E-state index contributed by atoms with van der Waals surface area (Å²) in [4.78, 5) is 210. The van der Waals surface area contributed by atoms with Crippen molar-refractivity contribution in [2.24, 2.45) is 40.1 Å². The monoisotopic (exact) mass is 1710 g/mol. The number of guanidine groups is 1. The molecule has 122 heavy (non-hydrogen) atoms. The van der Waals surface area contributed by atoms with Gasteiger partial charge in [0.05, 0.1) is 37.8 Å². The van der Waals surface area contributed by atoms with E-state index in [9.17, 15) is 68.4 Å². The molecule has 0 radical (unpaired) electrons. The average molecular weight is 1710 g/mol. The van der Waals surface area contributed by atoms with Gasteiger partial charge in [-0.2, -0.15) is 0 Å². The van der Waals surface area contributed by atoms with Crippen LogP contribution in [0.1, 0.15) is 163 Å². The fourth-order valence-electron chi connectivity index (χ4n) is 12.2. The first-order valence-electron chi connectivity index (χ1n) is 40.1. The van der Waals surface area contributed by atoms with Gasteiger partial charge in [-0.25, -0.2) is 24.1 Å². The number of hydrogen-bond acceptors (Lipinski definition) is 23. The Balaban J connectivity index is 1.78. The molecular formula is C84H122N16O22. The summed E-state index contributed by atoms with van der Waals surface area (Å²) in [6.45, 7) is 18.2. The Morgan fingerprint density at radius 2 is 0.902 bits per heavy atom. The quantitative estimate of drug-likeness (QED) is 0.0171. The third kappa shape index (κ3) is 36.4. The molecule has 0 spiro atoms. The molecule has 0 heterocycles. The van der Waals surface area contributed by atoms with Gasteiger partial charge in [0.2, 0.25) is 70.9 Å². The van der Waals surface area contributed by atoms with Crippen LogP contribution in [0.2, 0.25) is 0 Å². The lowest BCUT2D eigenvalue weighted by atomic mass is 9.86. The molecule has 4 rings (SSSR count). The second-order valence-electron chi connectivity index (χ2n) is 32.8. The summed E-state index contributed by atoms with van der Waals surface area (Å²) in [7, 11) is 0. The number of aliphatic carboxylic acids is 1. The maximum Gasteiger partial charge on any atom is 0.416 e. The highest BCUT2D eigenvalue weighted by atomic mass is 16.6. The van der Waals surface area contributed by atoms with E-state index in [1.165, 1.54) is 20.8 Å². The van der Waals surface area contributed by atoms with Crippen molar-refractivity contribution in [3.8, 4) is 0 Å². The molecule has 14 atom stereocenters. The summed E-state index contributed by atoms with van der Waals surface area (Å²) >= 11 is 0. The number of nitrogens with one attached hydrogen (secondary N) is 13. The Morgan fingerprint density at radius 1 is 0.484 bits per heavy atom. The van der Waals surface area contributed by atoms with Crippen LogP contribution in [-0.4, -0.2) is 213 Å². The van der Waals surface area contributed by atoms with Crippen molar-refractivity contribution >= 4 is 95.2 Å². The molecule has 21 N–H and O–H groups in total. The molecule has 4 aromatic carbocycles. The van der Waals surface area contributed by atoms with Crippen molar-refractivity contribution in [2.45, 2.75) is 233 Å². The number of carboxylic acid groups (broad SMARTS) is 1.